The molecule has 0 unspecified atom stereocenters. The predicted molar refractivity (Wildman–Crippen MR) is 123 cm³/mol. The zero-order chi connectivity index (χ0) is 20.8. The zero-order valence-electron chi connectivity index (χ0n) is 16.0. The number of nitrogens with one attached hydrogen (secondary N) is 1. The van der Waals surface area contributed by atoms with Crippen LogP contribution in [0.3, 0.4) is 0 Å². The number of hydrazone groups is 1. The molecule has 0 radical (unpaired) electrons. The topological polar surface area (TPSA) is 50.7 Å². The van der Waals surface area contributed by atoms with Gasteiger partial charge in [-0.3, -0.25) is 4.79 Å². The third-order valence-corrected chi connectivity index (χ3v) is 6.04. The van der Waals surface area contributed by atoms with Crippen LogP contribution in [0.4, 0.5) is 0 Å². The molecule has 0 fully saturated rings. The van der Waals surface area contributed by atoms with Gasteiger partial charge in [-0.1, -0.05) is 53.5 Å². The molecular formula is C22H20BrClN2O2S. The summed E-state index contributed by atoms with van der Waals surface area (Å²) in [4.78, 5) is 13.4. The van der Waals surface area contributed by atoms with Gasteiger partial charge in [0, 0.05) is 25.3 Å². The molecule has 0 saturated carbocycles. The lowest BCUT2D eigenvalue weighted by Gasteiger charge is -2.10. The summed E-state index contributed by atoms with van der Waals surface area (Å²) in [5.74, 6) is 0.773. The summed E-state index contributed by atoms with van der Waals surface area (Å²) >= 11 is 11.1. The van der Waals surface area contributed by atoms with Gasteiger partial charge in [0.1, 0.15) is 12.4 Å². The summed E-state index contributed by atoms with van der Waals surface area (Å²) in [5.41, 5.74) is 4.88. The van der Waals surface area contributed by atoms with Crippen LogP contribution in [0.15, 0.2) is 63.5 Å². The number of carbonyl (C=O) groups excluding carboxylic acids is 1. The van der Waals surface area contributed by atoms with Crippen LogP contribution < -0.4 is 10.2 Å². The molecule has 3 aromatic rings. The normalized spacial score (nSPS) is 11.2. The van der Waals surface area contributed by atoms with Crippen LogP contribution in [-0.2, 0) is 6.61 Å². The maximum absolute atomic E-state index is 12.3. The Morgan fingerprint density at radius 2 is 2.10 bits per heavy atom. The van der Waals surface area contributed by atoms with E-state index in [0.29, 0.717) is 34.4 Å². The van der Waals surface area contributed by atoms with E-state index >= 15 is 0 Å². The fourth-order valence-corrected chi connectivity index (χ4v) is 4.07. The van der Waals surface area contributed by atoms with Gasteiger partial charge < -0.3 is 4.74 Å². The van der Waals surface area contributed by atoms with E-state index in [-0.39, 0.29) is 5.91 Å². The molecule has 3 rings (SSSR count). The number of nitrogens with zero attached hydrogens (tertiary/aromatic N) is 1. The number of carbonyl (C=O) groups is 1. The first-order valence-corrected chi connectivity index (χ1v) is 11.1. The van der Waals surface area contributed by atoms with E-state index in [0.717, 1.165) is 14.9 Å². The largest absolute Gasteiger partial charge is 0.488 e. The van der Waals surface area contributed by atoms with Gasteiger partial charge in [0.2, 0.25) is 0 Å². The van der Waals surface area contributed by atoms with Gasteiger partial charge in [-0.05, 0) is 47.9 Å². The van der Waals surface area contributed by atoms with Gasteiger partial charge in [0.25, 0.3) is 5.91 Å². The maximum atomic E-state index is 12.3. The van der Waals surface area contributed by atoms with Gasteiger partial charge in [0.05, 0.1) is 11.8 Å². The Morgan fingerprint density at radius 3 is 2.83 bits per heavy atom. The van der Waals surface area contributed by atoms with Crippen LogP contribution in [0.5, 0.6) is 5.75 Å². The van der Waals surface area contributed by atoms with Gasteiger partial charge in [-0.2, -0.15) is 5.10 Å². The molecule has 0 saturated heterocycles. The fourth-order valence-electron chi connectivity index (χ4n) is 2.54. The Bertz CT molecular complexity index is 1030. The average Bonchev–Trinajstić information content (AvgIpc) is 3.18. The minimum atomic E-state index is -0.247. The highest BCUT2D eigenvalue weighted by molar-refractivity contribution is 9.10. The number of hydrogen-bond acceptors (Lipinski definition) is 4. The first-order chi connectivity index (χ1) is 13.9. The molecule has 4 nitrogen and oxygen atoms in total. The Morgan fingerprint density at radius 1 is 1.28 bits per heavy atom. The number of halogens is 2. The molecule has 29 heavy (non-hydrogen) atoms. The van der Waals surface area contributed by atoms with Crippen molar-refractivity contribution in [3.8, 4) is 5.75 Å². The standard InChI is InChI=1S/C22H20BrClN2O2S/c1-14(2)21-10-17(13-29-21)22(27)26-25-11-16-9-19(24)6-7-20(16)28-12-15-4-3-5-18(23)8-15/h3-11,13-14H,12H2,1-2H3,(H,26,27)/b25-11+. The van der Waals surface area contributed by atoms with E-state index in [1.54, 1.807) is 29.5 Å². The van der Waals surface area contributed by atoms with Crippen LogP contribution in [0, 0.1) is 0 Å². The molecule has 1 N–H and O–H groups in total. The second-order valence-corrected chi connectivity index (χ2v) is 8.99. The van der Waals surface area contributed by atoms with E-state index in [2.05, 4.69) is 40.3 Å². The smallest absolute Gasteiger partial charge is 0.272 e. The van der Waals surface area contributed by atoms with Crippen molar-refractivity contribution in [1.29, 1.82) is 0 Å². The van der Waals surface area contributed by atoms with E-state index in [4.69, 9.17) is 16.3 Å². The summed E-state index contributed by atoms with van der Waals surface area (Å²) in [5, 5.41) is 6.48. The minimum absolute atomic E-state index is 0.247. The van der Waals surface area contributed by atoms with Crippen LogP contribution in [0.1, 0.15) is 46.1 Å². The quantitative estimate of drug-likeness (QED) is 0.298. The highest BCUT2D eigenvalue weighted by Gasteiger charge is 2.10. The summed E-state index contributed by atoms with van der Waals surface area (Å²) in [6, 6.07) is 15.1. The molecule has 0 spiro atoms. The van der Waals surface area contributed by atoms with Crippen LogP contribution >= 0.6 is 38.9 Å². The minimum Gasteiger partial charge on any atom is -0.488 e. The molecule has 0 bridgehead atoms. The lowest BCUT2D eigenvalue weighted by Crippen LogP contribution is -2.16. The van der Waals surface area contributed by atoms with Gasteiger partial charge in [-0.25, -0.2) is 5.43 Å². The zero-order valence-corrected chi connectivity index (χ0v) is 19.1. The van der Waals surface area contributed by atoms with Crippen molar-refractivity contribution in [3.05, 3.63) is 85.0 Å². The third-order valence-electron chi connectivity index (χ3n) is 4.08. The van der Waals surface area contributed by atoms with Crippen molar-refractivity contribution in [2.45, 2.75) is 26.4 Å². The van der Waals surface area contributed by atoms with Crippen molar-refractivity contribution < 1.29 is 9.53 Å². The summed E-state index contributed by atoms with van der Waals surface area (Å²) in [7, 11) is 0. The third kappa shape index (κ3) is 6.16. The molecule has 0 atom stereocenters. The maximum Gasteiger partial charge on any atom is 0.272 e. The average molecular weight is 492 g/mol. The number of ether oxygens (including phenoxy) is 1. The highest BCUT2D eigenvalue weighted by atomic mass is 79.9. The lowest BCUT2D eigenvalue weighted by molar-refractivity contribution is 0.0955. The molecule has 1 amide bonds. The molecular weight excluding hydrogens is 472 g/mol. The first kappa shape index (κ1) is 21.6. The molecule has 0 aliphatic rings. The fraction of sp³-hybridized carbons (Fsp3) is 0.182. The van der Waals surface area contributed by atoms with Gasteiger partial charge in [-0.15, -0.1) is 11.3 Å². The predicted octanol–water partition coefficient (Wildman–Crippen LogP) is 6.63. The molecule has 150 valence electrons. The van der Waals surface area contributed by atoms with Crippen LogP contribution in [0.2, 0.25) is 5.02 Å². The summed E-state index contributed by atoms with van der Waals surface area (Å²) in [6.07, 6.45) is 1.54. The van der Waals surface area contributed by atoms with Crippen LogP contribution in [-0.4, -0.2) is 12.1 Å². The SMILES string of the molecule is CC(C)c1cc(C(=O)N/N=C/c2cc(Cl)ccc2OCc2cccc(Br)c2)cs1. The van der Waals surface area contributed by atoms with Crippen molar-refractivity contribution >= 4 is 51.0 Å². The van der Waals surface area contributed by atoms with E-state index in [9.17, 15) is 4.79 Å². The number of amides is 1. The molecule has 7 heteroatoms. The van der Waals surface area contributed by atoms with Crippen molar-refractivity contribution in [2.75, 3.05) is 0 Å². The highest BCUT2D eigenvalue weighted by Crippen LogP contribution is 2.24. The van der Waals surface area contributed by atoms with Crippen molar-refractivity contribution in [2.24, 2.45) is 5.10 Å². The molecule has 2 aromatic carbocycles. The van der Waals surface area contributed by atoms with E-state index in [1.165, 1.54) is 6.21 Å². The second-order valence-electron chi connectivity index (χ2n) is 6.69. The molecule has 1 heterocycles. The van der Waals surface area contributed by atoms with Crippen molar-refractivity contribution in [3.63, 3.8) is 0 Å². The summed E-state index contributed by atoms with van der Waals surface area (Å²) < 4.78 is 6.92. The summed E-state index contributed by atoms with van der Waals surface area (Å²) in [6.45, 7) is 4.60. The Balaban J connectivity index is 1.67. The van der Waals surface area contributed by atoms with Gasteiger partial charge >= 0.3 is 0 Å². The monoisotopic (exact) mass is 490 g/mol. The van der Waals surface area contributed by atoms with E-state index in [1.807, 2.05) is 35.7 Å². The Kier molecular flexibility index (Phi) is 7.47. The first-order valence-electron chi connectivity index (χ1n) is 9.01. The molecule has 0 aliphatic heterocycles. The number of benzene rings is 2. The lowest BCUT2D eigenvalue weighted by atomic mass is 10.1. The Labute approximate surface area is 187 Å². The van der Waals surface area contributed by atoms with Crippen molar-refractivity contribution in [1.82, 2.24) is 5.43 Å². The van der Waals surface area contributed by atoms with Crippen LogP contribution in [0.25, 0.3) is 0 Å². The van der Waals surface area contributed by atoms with E-state index < -0.39 is 0 Å². The molecule has 0 aliphatic carbocycles. The number of hydrogen-bond donors (Lipinski definition) is 1. The number of thiophene rings is 1. The molecule has 1 aromatic heterocycles. The number of rotatable bonds is 7. The second kappa shape index (κ2) is 10.1. The van der Waals surface area contributed by atoms with Gasteiger partial charge in [0.15, 0.2) is 0 Å². The Hall–Kier alpha value is -2.15.